The zero-order valence-corrected chi connectivity index (χ0v) is 17.2. The average Bonchev–Trinajstić information content (AvgIpc) is 2.98. The lowest BCUT2D eigenvalue weighted by atomic mass is 10.1. The highest BCUT2D eigenvalue weighted by atomic mass is 35.5. The van der Waals surface area contributed by atoms with Crippen LogP contribution in [0.2, 0.25) is 5.02 Å². The van der Waals surface area contributed by atoms with E-state index >= 15 is 0 Å². The third-order valence-electron chi connectivity index (χ3n) is 5.29. The van der Waals surface area contributed by atoms with Crippen LogP contribution < -0.4 is 9.47 Å². The molecule has 2 aliphatic rings. The molecule has 0 aliphatic carbocycles. The number of amides is 1. The first kappa shape index (κ1) is 20.0. The molecule has 1 saturated heterocycles. The molecule has 0 saturated carbocycles. The minimum Gasteiger partial charge on any atom is -0.454 e. The third kappa shape index (κ3) is 5.17. The molecule has 0 spiro atoms. The number of rotatable bonds is 6. The predicted molar refractivity (Wildman–Crippen MR) is 107 cm³/mol. The number of allylic oxidation sites excluding steroid dienone is 2. The van der Waals surface area contributed by atoms with Crippen LogP contribution in [0.3, 0.4) is 0 Å². The zero-order chi connectivity index (χ0) is 19.4. The summed E-state index contributed by atoms with van der Waals surface area (Å²) in [5, 5.41) is 0.614. The molecule has 0 aromatic heterocycles. The summed E-state index contributed by atoms with van der Waals surface area (Å²) < 4.78 is 10.8. The molecule has 6 heteroatoms. The fourth-order valence-corrected chi connectivity index (χ4v) is 3.79. The summed E-state index contributed by atoms with van der Waals surface area (Å²) >= 11 is 6.39. The van der Waals surface area contributed by atoms with Gasteiger partial charge in [-0.15, -0.1) is 0 Å². The fourth-order valence-electron chi connectivity index (χ4n) is 3.57. The minimum atomic E-state index is 0.183. The van der Waals surface area contributed by atoms with Crippen molar-refractivity contribution in [3.05, 3.63) is 34.4 Å². The molecule has 0 N–H and O–H groups in total. The van der Waals surface area contributed by atoms with E-state index in [1.54, 1.807) is 6.07 Å². The Labute approximate surface area is 166 Å². The molecule has 2 heterocycles. The fraction of sp³-hybridized carbons (Fsp3) is 0.571. The summed E-state index contributed by atoms with van der Waals surface area (Å²) in [5.41, 5.74) is 2.26. The Kier molecular flexibility index (Phi) is 6.66. The second-order valence-corrected chi connectivity index (χ2v) is 8.01. The van der Waals surface area contributed by atoms with Gasteiger partial charge in [-0.05, 0) is 45.2 Å². The lowest BCUT2D eigenvalue weighted by molar-refractivity contribution is -0.130. The standard InChI is InChI=1S/C21H29ClN2O3/c1-15(2)5-4-6-16(3)23-8-7-21(25)24(10-9-23)13-17-11-19-20(12-18(17)22)27-14-26-19/h5,11-12,16H,4,6-10,13-14H2,1-3H3. The number of nitrogens with zero attached hydrogens (tertiary/aromatic N) is 2. The smallest absolute Gasteiger partial charge is 0.231 e. The van der Waals surface area contributed by atoms with Crippen LogP contribution in [0.25, 0.3) is 0 Å². The van der Waals surface area contributed by atoms with Crippen LogP contribution in [0, 0.1) is 0 Å². The van der Waals surface area contributed by atoms with Gasteiger partial charge in [0.1, 0.15) is 0 Å². The van der Waals surface area contributed by atoms with Crippen molar-refractivity contribution in [2.45, 2.75) is 52.6 Å². The van der Waals surface area contributed by atoms with Crippen molar-refractivity contribution in [3.63, 3.8) is 0 Å². The van der Waals surface area contributed by atoms with Gasteiger partial charge in [0.25, 0.3) is 0 Å². The highest BCUT2D eigenvalue weighted by molar-refractivity contribution is 6.31. The van der Waals surface area contributed by atoms with E-state index in [0.29, 0.717) is 35.5 Å². The molecule has 0 radical (unpaired) electrons. The molecule has 1 amide bonds. The van der Waals surface area contributed by atoms with Crippen LogP contribution >= 0.6 is 11.6 Å². The summed E-state index contributed by atoms with van der Waals surface area (Å²) in [6, 6.07) is 4.14. The van der Waals surface area contributed by atoms with E-state index in [2.05, 4.69) is 31.7 Å². The van der Waals surface area contributed by atoms with Gasteiger partial charge in [-0.3, -0.25) is 9.69 Å². The van der Waals surface area contributed by atoms with E-state index in [-0.39, 0.29) is 12.7 Å². The van der Waals surface area contributed by atoms with Gasteiger partial charge >= 0.3 is 0 Å². The SMILES string of the molecule is CC(C)=CCCC(C)N1CCC(=O)N(Cc2cc3c(cc2Cl)OCO3)CC1. The Bertz CT molecular complexity index is 716. The highest BCUT2D eigenvalue weighted by Crippen LogP contribution is 2.37. The molecule has 27 heavy (non-hydrogen) atoms. The van der Waals surface area contributed by atoms with Crippen LogP contribution in [0.15, 0.2) is 23.8 Å². The topological polar surface area (TPSA) is 42.0 Å². The molecule has 5 nitrogen and oxygen atoms in total. The third-order valence-corrected chi connectivity index (χ3v) is 5.64. The Morgan fingerprint density at radius 1 is 1.22 bits per heavy atom. The number of hydrogen-bond donors (Lipinski definition) is 0. The van der Waals surface area contributed by atoms with E-state index < -0.39 is 0 Å². The van der Waals surface area contributed by atoms with Gasteiger partial charge in [0.05, 0.1) is 0 Å². The highest BCUT2D eigenvalue weighted by Gasteiger charge is 2.25. The maximum atomic E-state index is 12.6. The average molecular weight is 393 g/mol. The number of halogens is 1. The number of ether oxygens (including phenoxy) is 2. The van der Waals surface area contributed by atoms with Gasteiger partial charge in [-0.2, -0.15) is 0 Å². The Hall–Kier alpha value is -1.72. The number of fused-ring (bicyclic) bond motifs is 1. The van der Waals surface area contributed by atoms with Crippen molar-refractivity contribution in [1.29, 1.82) is 0 Å². The van der Waals surface area contributed by atoms with Crippen molar-refractivity contribution >= 4 is 17.5 Å². The van der Waals surface area contributed by atoms with Crippen LogP contribution in [-0.2, 0) is 11.3 Å². The molecule has 0 bridgehead atoms. The zero-order valence-electron chi connectivity index (χ0n) is 16.5. The molecule has 3 rings (SSSR count). The van der Waals surface area contributed by atoms with Crippen molar-refractivity contribution in [3.8, 4) is 11.5 Å². The molecular weight excluding hydrogens is 364 g/mol. The lowest BCUT2D eigenvalue weighted by Crippen LogP contribution is -2.37. The second-order valence-electron chi connectivity index (χ2n) is 7.61. The van der Waals surface area contributed by atoms with Gasteiger partial charge in [0.2, 0.25) is 12.7 Å². The Morgan fingerprint density at radius 3 is 2.70 bits per heavy atom. The van der Waals surface area contributed by atoms with Crippen molar-refractivity contribution in [2.75, 3.05) is 26.4 Å². The molecule has 1 aromatic carbocycles. The summed E-state index contributed by atoms with van der Waals surface area (Å²) in [6.45, 7) is 9.68. The van der Waals surface area contributed by atoms with Crippen molar-refractivity contribution < 1.29 is 14.3 Å². The summed E-state index contributed by atoms with van der Waals surface area (Å²) in [7, 11) is 0. The van der Waals surface area contributed by atoms with Crippen molar-refractivity contribution in [1.82, 2.24) is 9.80 Å². The number of carbonyl (C=O) groups excluding carboxylic acids is 1. The first-order chi connectivity index (χ1) is 12.9. The minimum absolute atomic E-state index is 0.183. The number of carbonyl (C=O) groups is 1. The number of hydrogen-bond acceptors (Lipinski definition) is 4. The first-order valence-electron chi connectivity index (χ1n) is 9.67. The predicted octanol–water partition coefficient (Wildman–Crippen LogP) is 4.24. The largest absolute Gasteiger partial charge is 0.454 e. The van der Waals surface area contributed by atoms with Gasteiger partial charge in [0, 0.05) is 49.7 Å². The molecule has 2 aliphatic heterocycles. The molecular formula is C21H29ClN2O3. The lowest BCUT2D eigenvalue weighted by Gasteiger charge is -2.27. The molecule has 1 fully saturated rings. The summed E-state index contributed by atoms with van der Waals surface area (Å²) in [6.07, 6.45) is 5.04. The maximum absolute atomic E-state index is 12.6. The summed E-state index contributed by atoms with van der Waals surface area (Å²) in [5.74, 6) is 1.55. The molecule has 1 unspecified atom stereocenters. The normalized spacial score (nSPS) is 18.4. The van der Waals surface area contributed by atoms with E-state index in [0.717, 1.165) is 38.0 Å². The van der Waals surface area contributed by atoms with Crippen LogP contribution in [0.5, 0.6) is 11.5 Å². The number of benzene rings is 1. The van der Waals surface area contributed by atoms with Gasteiger partial charge in [-0.25, -0.2) is 0 Å². The second kappa shape index (κ2) is 8.98. The van der Waals surface area contributed by atoms with Gasteiger partial charge < -0.3 is 14.4 Å². The maximum Gasteiger partial charge on any atom is 0.231 e. The Balaban J connectivity index is 1.60. The van der Waals surface area contributed by atoms with E-state index in [9.17, 15) is 4.79 Å². The molecule has 148 valence electrons. The van der Waals surface area contributed by atoms with Gasteiger partial charge in [-0.1, -0.05) is 23.3 Å². The molecule has 1 aromatic rings. The van der Waals surface area contributed by atoms with Crippen LogP contribution in [-0.4, -0.2) is 48.2 Å². The van der Waals surface area contributed by atoms with E-state index in [1.807, 2.05) is 11.0 Å². The van der Waals surface area contributed by atoms with E-state index in [4.69, 9.17) is 21.1 Å². The van der Waals surface area contributed by atoms with Gasteiger partial charge in [0.15, 0.2) is 11.5 Å². The monoisotopic (exact) mass is 392 g/mol. The van der Waals surface area contributed by atoms with E-state index in [1.165, 1.54) is 5.57 Å². The molecule has 1 atom stereocenters. The van der Waals surface area contributed by atoms with Crippen LogP contribution in [0.4, 0.5) is 0 Å². The first-order valence-corrected chi connectivity index (χ1v) is 10.0. The van der Waals surface area contributed by atoms with Crippen LogP contribution in [0.1, 0.15) is 45.6 Å². The van der Waals surface area contributed by atoms with Crippen molar-refractivity contribution in [2.24, 2.45) is 0 Å². The summed E-state index contributed by atoms with van der Waals surface area (Å²) in [4.78, 5) is 17.0. The Morgan fingerprint density at radius 2 is 1.96 bits per heavy atom. The quantitative estimate of drug-likeness (QED) is 0.679.